The maximum atomic E-state index is 12.5. The summed E-state index contributed by atoms with van der Waals surface area (Å²) < 4.78 is 0. The normalized spacial score (nSPS) is 18.2. The highest BCUT2D eigenvalue weighted by molar-refractivity contribution is 7.09. The number of nitrogens with one attached hydrogen (secondary N) is 1. The lowest BCUT2D eigenvalue weighted by molar-refractivity contribution is -0.140. The van der Waals surface area contributed by atoms with Gasteiger partial charge in [-0.1, -0.05) is 19.4 Å². The minimum Gasteiger partial charge on any atom is -0.355 e. The molecule has 0 spiro atoms. The molecule has 1 saturated heterocycles. The van der Waals surface area contributed by atoms with Gasteiger partial charge in [0.15, 0.2) is 0 Å². The van der Waals surface area contributed by atoms with Crippen LogP contribution in [0.2, 0.25) is 0 Å². The van der Waals surface area contributed by atoms with Gasteiger partial charge in [-0.05, 0) is 44.1 Å². The van der Waals surface area contributed by atoms with Crippen LogP contribution in [0.5, 0.6) is 0 Å². The Morgan fingerprint density at radius 2 is 2.12 bits per heavy atom. The van der Waals surface area contributed by atoms with E-state index in [1.165, 1.54) is 4.88 Å². The third-order valence-corrected chi connectivity index (χ3v) is 5.60. The van der Waals surface area contributed by atoms with Crippen LogP contribution in [0.15, 0.2) is 17.5 Å². The molecule has 1 aliphatic rings. The van der Waals surface area contributed by atoms with Crippen LogP contribution in [0.25, 0.3) is 0 Å². The maximum absolute atomic E-state index is 12.5. The summed E-state index contributed by atoms with van der Waals surface area (Å²) in [4.78, 5) is 27.9. The summed E-state index contributed by atoms with van der Waals surface area (Å²) >= 11 is 1.71. The molecule has 5 nitrogen and oxygen atoms in total. The van der Waals surface area contributed by atoms with Gasteiger partial charge in [0.1, 0.15) is 0 Å². The number of nitrogens with zero attached hydrogens (tertiary/aromatic N) is 1. The van der Waals surface area contributed by atoms with Gasteiger partial charge in [0.25, 0.3) is 0 Å². The number of likely N-dealkylation sites (tertiary alicyclic amines) is 1. The average Bonchev–Trinajstić information content (AvgIpc) is 3.07. The number of rotatable bonds is 7. The highest BCUT2D eigenvalue weighted by atomic mass is 32.1. The van der Waals surface area contributed by atoms with E-state index in [9.17, 15) is 9.59 Å². The molecule has 6 heteroatoms. The van der Waals surface area contributed by atoms with Crippen molar-refractivity contribution in [2.45, 2.75) is 51.5 Å². The van der Waals surface area contributed by atoms with E-state index in [1.54, 1.807) is 11.3 Å². The number of nitrogens with two attached hydrogens (primary N) is 1. The van der Waals surface area contributed by atoms with Crippen molar-refractivity contribution in [2.75, 3.05) is 19.6 Å². The summed E-state index contributed by atoms with van der Waals surface area (Å²) in [6.07, 6.45) is 3.90. The topological polar surface area (TPSA) is 75.4 Å². The zero-order valence-corrected chi connectivity index (χ0v) is 15.5. The molecule has 1 atom stereocenters. The van der Waals surface area contributed by atoms with E-state index in [4.69, 9.17) is 5.73 Å². The van der Waals surface area contributed by atoms with E-state index in [2.05, 4.69) is 11.4 Å². The Kier molecular flexibility index (Phi) is 6.80. The molecule has 2 amide bonds. The molecule has 0 aromatic carbocycles. The monoisotopic (exact) mass is 351 g/mol. The fraction of sp³-hybridized carbons (Fsp3) is 0.667. The molecular formula is C18H29N3O2S. The SMILES string of the molecule is CCCC(C)(N)C(=O)N1CCC(C(=O)NCCc2cccs2)CC1. The standard InChI is InChI=1S/C18H29N3O2S/c1-3-9-18(2,19)17(23)21-11-7-14(8-12-21)16(22)20-10-6-15-5-4-13-24-15/h4-5,13-14H,3,6-12,19H2,1-2H3,(H,20,22). The second kappa shape index (κ2) is 8.62. The predicted molar refractivity (Wildman–Crippen MR) is 97.8 cm³/mol. The van der Waals surface area contributed by atoms with Gasteiger partial charge in [0.2, 0.25) is 11.8 Å². The molecule has 2 heterocycles. The maximum Gasteiger partial charge on any atom is 0.242 e. The summed E-state index contributed by atoms with van der Waals surface area (Å²) in [5.74, 6) is 0.135. The third kappa shape index (κ3) is 5.05. The molecular weight excluding hydrogens is 322 g/mol. The Morgan fingerprint density at radius 1 is 1.42 bits per heavy atom. The molecule has 1 aromatic heterocycles. The van der Waals surface area contributed by atoms with Gasteiger partial charge >= 0.3 is 0 Å². The van der Waals surface area contributed by atoms with Crippen molar-refractivity contribution < 1.29 is 9.59 Å². The zero-order chi connectivity index (χ0) is 17.6. The summed E-state index contributed by atoms with van der Waals surface area (Å²) in [6.45, 7) is 5.76. The third-order valence-electron chi connectivity index (χ3n) is 4.66. The fourth-order valence-corrected chi connectivity index (χ4v) is 3.95. The van der Waals surface area contributed by atoms with Gasteiger partial charge in [-0.3, -0.25) is 9.59 Å². The van der Waals surface area contributed by atoms with Gasteiger partial charge in [0, 0.05) is 30.4 Å². The number of hydrogen-bond donors (Lipinski definition) is 2. The van der Waals surface area contributed by atoms with E-state index in [-0.39, 0.29) is 17.7 Å². The van der Waals surface area contributed by atoms with Crippen LogP contribution in [0.1, 0.15) is 44.4 Å². The molecule has 0 saturated carbocycles. The Bertz CT molecular complexity index is 534. The highest BCUT2D eigenvalue weighted by Gasteiger charge is 2.35. The number of carbonyl (C=O) groups is 2. The fourth-order valence-electron chi connectivity index (χ4n) is 3.24. The quantitative estimate of drug-likeness (QED) is 0.790. The van der Waals surface area contributed by atoms with Gasteiger partial charge in [-0.25, -0.2) is 0 Å². The Hall–Kier alpha value is -1.40. The van der Waals surface area contributed by atoms with Crippen LogP contribution >= 0.6 is 11.3 Å². The number of thiophene rings is 1. The molecule has 1 aliphatic heterocycles. The van der Waals surface area contributed by atoms with Crippen molar-refractivity contribution in [3.8, 4) is 0 Å². The lowest BCUT2D eigenvalue weighted by Gasteiger charge is -2.36. The Morgan fingerprint density at radius 3 is 2.71 bits per heavy atom. The van der Waals surface area contributed by atoms with Crippen LogP contribution in [0, 0.1) is 5.92 Å². The number of piperidine rings is 1. The molecule has 0 radical (unpaired) electrons. The van der Waals surface area contributed by atoms with Crippen molar-refractivity contribution in [3.05, 3.63) is 22.4 Å². The van der Waals surface area contributed by atoms with Crippen molar-refractivity contribution in [3.63, 3.8) is 0 Å². The largest absolute Gasteiger partial charge is 0.355 e. The summed E-state index contributed by atoms with van der Waals surface area (Å²) in [6, 6.07) is 4.11. The second-order valence-electron chi connectivity index (χ2n) is 6.85. The summed E-state index contributed by atoms with van der Waals surface area (Å²) in [5.41, 5.74) is 5.35. The minimum absolute atomic E-state index is 0.00703. The summed E-state index contributed by atoms with van der Waals surface area (Å²) in [5, 5.41) is 5.07. The molecule has 0 bridgehead atoms. The zero-order valence-electron chi connectivity index (χ0n) is 14.7. The first kappa shape index (κ1) is 18.9. The Balaban J connectivity index is 1.73. The minimum atomic E-state index is -0.787. The smallest absolute Gasteiger partial charge is 0.242 e. The van der Waals surface area contributed by atoms with Crippen molar-refractivity contribution in [2.24, 2.45) is 11.7 Å². The number of carbonyl (C=O) groups excluding carboxylic acids is 2. The summed E-state index contributed by atoms with van der Waals surface area (Å²) in [7, 11) is 0. The first-order valence-corrected chi connectivity index (χ1v) is 9.70. The molecule has 0 aliphatic carbocycles. The van der Waals surface area contributed by atoms with Crippen LogP contribution in [-0.4, -0.2) is 41.9 Å². The van der Waals surface area contributed by atoms with Crippen LogP contribution in [-0.2, 0) is 16.0 Å². The number of hydrogen-bond acceptors (Lipinski definition) is 4. The van der Waals surface area contributed by atoms with E-state index < -0.39 is 5.54 Å². The van der Waals surface area contributed by atoms with Gasteiger partial charge in [-0.2, -0.15) is 0 Å². The predicted octanol–water partition coefficient (Wildman–Crippen LogP) is 2.16. The van der Waals surface area contributed by atoms with Crippen molar-refractivity contribution in [1.82, 2.24) is 10.2 Å². The van der Waals surface area contributed by atoms with Crippen LogP contribution < -0.4 is 11.1 Å². The molecule has 1 fully saturated rings. The molecule has 1 unspecified atom stereocenters. The second-order valence-corrected chi connectivity index (χ2v) is 7.89. The molecule has 3 N–H and O–H groups in total. The Labute approximate surface area is 148 Å². The molecule has 24 heavy (non-hydrogen) atoms. The van der Waals surface area contributed by atoms with Crippen molar-refractivity contribution in [1.29, 1.82) is 0 Å². The lowest BCUT2D eigenvalue weighted by Crippen LogP contribution is -2.55. The molecule has 2 rings (SSSR count). The van der Waals surface area contributed by atoms with E-state index in [0.717, 1.165) is 25.7 Å². The highest BCUT2D eigenvalue weighted by Crippen LogP contribution is 2.21. The van der Waals surface area contributed by atoms with E-state index >= 15 is 0 Å². The lowest BCUT2D eigenvalue weighted by atomic mass is 9.91. The number of amides is 2. The van der Waals surface area contributed by atoms with Gasteiger partial charge in [-0.15, -0.1) is 11.3 Å². The molecule has 134 valence electrons. The van der Waals surface area contributed by atoms with Crippen LogP contribution in [0.3, 0.4) is 0 Å². The average molecular weight is 352 g/mol. The van der Waals surface area contributed by atoms with Crippen molar-refractivity contribution >= 4 is 23.2 Å². The van der Waals surface area contributed by atoms with Gasteiger partial charge in [0.05, 0.1) is 5.54 Å². The first-order valence-electron chi connectivity index (χ1n) is 8.82. The first-order chi connectivity index (χ1) is 11.4. The van der Waals surface area contributed by atoms with Crippen LogP contribution in [0.4, 0.5) is 0 Å². The van der Waals surface area contributed by atoms with E-state index in [0.29, 0.717) is 26.1 Å². The van der Waals surface area contributed by atoms with E-state index in [1.807, 2.05) is 30.2 Å². The van der Waals surface area contributed by atoms with Gasteiger partial charge < -0.3 is 16.0 Å². The molecule has 1 aromatic rings.